The van der Waals surface area contributed by atoms with Crippen molar-refractivity contribution in [2.45, 2.75) is 26.3 Å². The first-order valence-corrected chi connectivity index (χ1v) is 5.80. The Morgan fingerprint density at radius 3 is 2.94 bits per heavy atom. The lowest BCUT2D eigenvalue weighted by Crippen LogP contribution is -2.23. The van der Waals surface area contributed by atoms with Crippen LogP contribution < -0.4 is 5.32 Å². The van der Waals surface area contributed by atoms with E-state index in [2.05, 4.69) is 29.4 Å². The Bertz CT molecular complexity index is 370. The third-order valence-electron chi connectivity index (χ3n) is 2.69. The predicted octanol–water partition coefficient (Wildman–Crippen LogP) is 2.34. The molecule has 86 valence electrons. The topological polar surface area (TPSA) is 34.1 Å². The van der Waals surface area contributed by atoms with Crippen molar-refractivity contribution < 1.29 is 4.74 Å². The average molecular weight is 218 g/mol. The summed E-state index contributed by atoms with van der Waals surface area (Å²) in [5.74, 6) is 1.03. The van der Waals surface area contributed by atoms with E-state index in [4.69, 9.17) is 4.74 Å². The van der Waals surface area contributed by atoms with Crippen molar-refractivity contribution in [1.82, 2.24) is 10.3 Å². The maximum atomic E-state index is 5.62. The normalized spacial score (nSPS) is 16.8. The van der Waals surface area contributed by atoms with Gasteiger partial charge in [-0.05, 0) is 31.2 Å². The highest BCUT2D eigenvalue weighted by atomic mass is 16.5. The predicted molar refractivity (Wildman–Crippen MR) is 64.0 cm³/mol. The summed E-state index contributed by atoms with van der Waals surface area (Å²) in [4.78, 5) is 4.33. The molecule has 1 unspecified atom stereocenters. The van der Waals surface area contributed by atoms with E-state index in [1.165, 1.54) is 5.56 Å². The highest BCUT2D eigenvalue weighted by Gasteiger charge is 2.19. The molecule has 1 aliphatic heterocycles. The zero-order chi connectivity index (χ0) is 11.4. The zero-order valence-electron chi connectivity index (χ0n) is 9.86. The minimum absolute atomic E-state index is 0.153. The molecule has 0 radical (unpaired) electrons. The average Bonchev–Trinajstić information content (AvgIpc) is 2.81. The molecular weight excluding hydrogens is 200 g/mol. The monoisotopic (exact) mass is 218 g/mol. The fourth-order valence-electron chi connectivity index (χ4n) is 1.87. The number of pyridine rings is 1. The van der Waals surface area contributed by atoms with Crippen LogP contribution in [0.2, 0.25) is 0 Å². The molecule has 0 spiro atoms. The van der Waals surface area contributed by atoms with Gasteiger partial charge in [0.15, 0.2) is 0 Å². The van der Waals surface area contributed by atoms with Crippen LogP contribution in [0.3, 0.4) is 0 Å². The molecule has 2 rings (SSSR count). The van der Waals surface area contributed by atoms with Crippen molar-refractivity contribution in [2.75, 3.05) is 13.2 Å². The smallest absolute Gasteiger partial charge is 0.114 e. The van der Waals surface area contributed by atoms with Crippen molar-refractivity contribution >= 4 is 0 Å². The van der Waals surface area contributed by atoms with Crippen molar-refractivity contribution in [2.24, 2.45) is 0 Å². The number of nitrogens with zero attached hydrogens (tertiary/aromatic N) is 1. The Balaban J connectivity index is 2.21. The summed E-state index contributed by atoms with van der Waals surface area (Å²) in [5.41, 5.74) is 2.21. The molecule has 1 aromatic rings. The van der Waals surface area contributed by atoms with Crippen LogP contribution in [0, 0.1) is 6.92 Å². The largest absolute Gasteiger partial charge is 0.496 e. The number of likely N-dealkylation sites (N-methyl/N-ethyl adjacent to an activating group) is 1. The van der Waals surface area contributed by atoms with E-state index >= 15 is 0 Å². The molecule has 2 heterocycles. The van der Waals surface area contributed by atoms with E-state index in [0.717, 1.165) is 31.0 Å². The molecule has 3 heteroatoms. The van der Waals surface area contributed by atoms with E-state index < -0.39 is 0 Å². The summed E-state index contributed by atoms with van der Waals surface area (Å²) in [6, 6.07) is 4.30. The van der Waals surface area contributed by atoms with E-state index in [-0.39, 0.29) is 6.04 Å². The molecule has 1 aliphatic rings. The standard InChI is InChI=1S/C13H18N2O/c1-3-14-13(12-5-4-8-16-12)11-7-6-10(2)15-9-11/h5-7,9,13-14H,3-4,8H2,1-2H3. The van der Waals surface area contributed by atoms with Gasteiger partial charge in [-0.3, -0.25) is 4.98 Å². The Morgan fingerprint density at radius 2 is 2.38 bits per heavy atom. The van der Waals surface area contributed by atoms with Gasteiger partial charge < -0.3 is 10.1 Å². The maximum Gasteiger partial charge on any atom is 0.114 e. The molecule has 0 fully saturated rings. The Kier molecular flexibility index (Phi) is 3.57. The molecule has 0 amide bonds. The maximum absolute atomic E-state index is 5.62. The van der Waals surface area contributed by atoms with Crippen molar-refractivity contribution in [3.05, 3.63) is 41.4 Å². The first-order chi connectivity index (χ1) is 7.81. The van der Waals surface area contributed by atoms with E-state index in [9.17, 15) is 0 Å². The SMILES string of the molecule is CCNC(C1=CCCO1)c1ccc(C)nc1. The van der Waals surface area contributed by atoms with Gasteiger partial charge in [0, 0.05) is 18.3 Å². The summed E-state index contributed by atoms with van der Waals surface area (Å²) in [5, 5.41) is 3.43. The van der Waals surface area contributed by atoms with Crippen molar-refractivity contribution in [1.29, 1.82) is 0 Å². The first-order valence-electron chi connectivity index (χ1n) is 5.80. The molecule has 0 aromatic carbocycles. The van der Waals surface area contributed by atoms with Crippen LogP contribution in [-0.2, 0) is 4.74 Å². The summed E-state index contributed by atoms with van der Waals surface area (Å²) in [6.45, 7) is 5.82. The van der Waals surface area contributed by atoms with Gasteiger partial charge in [0.2, 0.25) is 0 Å². The van der Waals surface area contributed by atoms with Crippen LogP contribution in [0.4, 0.5) is 0 Å². The lowest BCUT2D eigenvalue weighted by atomic mass is 10.1. The second-order valence-corrected chi connectivity index (χ2v) is 3.97. The second kappa shape index (κ2) is 5.12. The van der Waals surface area contributed by atoms with Gasteiger partial charge >= 0.3 is 0 Å². The summed E-state index contributed by atoms with van der Waals surface area (Å²) in [7, 11) is 0. The summed E-state index contributed by atoms with van der Waals surface area (Å²) >= 11 is 0. The van der Waals surface area contributed by atoms with Crippen molar-refractivity contribution in [3.63, 3.8) is 0 Å². The Morgan fingerprint density at radius 1 is 1.50 bits per heavy atom. The molecule has 1 atom stereocenters. The number of rotatable bonds is 4. The van der Waals surface area contributed by atoms with Gasteiger partial charge in [-0.1, -0.05) is 13.0 Å². The van der Waals surface area contributed by atoms with Crippen LogP contribution >= 0.6 is 0 Å². The molecule has 0 saturated heterocycles. The minimum Gasteiger partial charge on any atom is -0.496 e. The quantitative estimate of drug-likeness (QED) is 0.842. The van der Waals surface area contributed by atoms with Gasteiger partial charge in [0.25, 0.3) is 0 Å². The summed E-state index contributed by atoms with van der Waals surface area (Å²) in [6.07, 6.45) is 5.09. The number of hydrogen-bond acceptors (Lipinski definition) is 3. The molecular formula is C13H18N2O. The van der Waals surface area contributed by atoms with E-state index in [1.807, 2.05) is 19.2 Å². The Labute approximate surface area is 96.5 Å². The van der Waals surface area contributed by atoms with Gasteiger partial charge in [-0.15, -0.1) is 0 Å². The van der Waals surface area contributed by atoms with Gasteiger partial charge in [0.05, 0.1) is 12.6 Å². The van der Waals surface area contributed by atoms with E-state index in [1.54, 1.807) is 0 Å². The lowest BCUT2D eigenvalue weighted by Gasteiger charge is -2.19. The van der Waals surface area contributed by atoms with Gasteiger partial charge in [0.1, 0.15) is 5.76 Å². The zero-order valence-corrected chi connectivity index (χ0v) is 9.86. The third-order valence-corrected chi connectivity index (χ3v) is 2.69. The number of nitrogens with one attached hydrogen (secondary N) is 1. The first kappa shape index (κ1) is 11.1. The number of aromatic nitrogens is 1. The molecule has 16 heavy (non-hydrogen) atoms. The van der Waals surface area contributed by atoms with Crippen LogP contribution in [0.25, 0.3) is 0 Å². The van der Waals surface area contributed by atoms with Gasteiger partial charge in [-0.2, -0.15) is 0 Å². The highest BCUT2D eigenvalue weighted by Crippen LogP contribution is 2.25. The molecule has 3 nitrogen and oxygen atoms in total. The fraction of sp³-hybridized carbons (Fsp3) is 0.462. The third kappa shape index (κ3) is 2.42. The van der Waals surface area contributed by atoms with E-state index in [0.29, 0.717) is 0 Å². The van der Waals surface area contributed by atoms with Gasteiger partial charge in [-0.25, -0.2) is 0 Å². The van der Waals surface area contributed by atoms with Crippen LogP contribution in [0.5, 0.6) is 0 Å². The second-order valence-electron chi connectivity index (χ2n) is 3.97. The molecule has 0 bridgehead atoms. The van der Waals surface area contributed by atoms with Crippen LogP contribution in [0.1, 0.15) is 30.6 Å². The minimum atomic E-state index is 0.153. The fourth-order valence-corrected chi connectivity index (χ4v) is 1.87. The molecule has 0 saturated carbocycles. The molecule has 1 aromatic heterocycles. The number of hydrogen-bond donors (Lipinski definition) is 1. The number of ether oxygens (including phenoxy) is 1. The Hall–Kier alpha value is -1.35. The highest BCUT2D eigenvalue weighted by molar-refractivity contribution is 5.25. The lowest BCUT2D eigenvalue weighted by molar-refractivity contribution is 0.216. The van der Waals surface area contributed by atoms with Crippen LogP contribution in [0.15, 0.2) is 30.2 Å². The molecule has 1 N–H and O–H groups in total. The number of aryl methyl sites for hydroxylation is 1. The summed E-state index contributed by atoms with van der Waals surface area (Å²) < 4.78 is 5.62. The molecule has 0 aliphatic carbocycles. The van der Waals surface area contributed by atoms with Crippen molar-refractivity contribution in [3.8, 4) is 0 Å². The van der Waals surface area contributed by atoms with Crippen LogP contribution in [-0.4, -0.2) is 18.1 Å².